The fraction of sp³-hybridized carbons (Fsp3) is 0.696. The smallest absolute Gasteiger partial charge is 0.450 e. The predicted octanol–water partition coefficient (Wildman–Crippen LogP) is 8.03. The van der Waals surface area contributed by atoms with Crippen LogP contribution in [0, 0.1) is 11.3 Å². The van der Waals surface area contributed by atoms with E-state index in [4.69, 9.17) is 5.11 Å². The first kappa shape index (κ1) is 29.3. The molecule has 0 atom stereocenters. The molecule has 154 valence electrons. The number of carbonyl (C=O) groups is 1. The molecule has 0 bridgehead atoms. The van der Waals surface area contributed by atoms with Crippen LogP contribution in [0.1, 0.15) is 87.5 Å². The summed E-state index contributed by atoms with van der Waals surface area (Å²) in [7, 11) is 0. The Balaban J connectivity index is -0.000000375. The van der Waals surface area contributed by atoms with Gasteiger partial charge in [0, 0.05) is 0 Å². The van der Waals surface area contributed by atoms with Crippen LogP contribution in [0.5, 0.6) is 0 Å². The first-order valence-corrected chi connectivity index (χ1v) is 9.99. The van der Waals surface area contributed by atoms with Crippen LogP contribution in [0.3, 0.4) is 0 Å². The fourth-order valence-electron chi connectivity index (χ4n) is 2.88. The molecular formula is C23H44O3. The van der Waals surface area contributed by atoms with E-state index in [2.05, 4.69) is 51.7 Å². The van der Waals surface area contributed by atoms with Crippen LogP contribution in [0.25, 0.3) is 0 Å². The molecule has 0 amide bonds. The van der Waals surface area contributed by atoms with Crippen LogP contribution < -0.4 is 0 Å². The molecule has 0 aromatic heterocycles. The molecule has 3 heteroatoms. The highest BCUT2D eigenvalue weighted by atomic mass is 16.7. The molecule has 0 saturated heterocycles. The topological polar surface area (TPSA) is 46.5 Å². The zero-order chi connectivity index (χ0) is 21.2. The van der Waals surface area contributed by atoms with Gasteiger partial charge in [-0.3, -0.25) is 0 Å². The normalized spacial score (nSPS) is 11.1. The molecular weight excluding hydrogens is 324 g/mol. The van der Waals surface area contributed by atoms with E-state index in [0.29, 0.717) is 5.92 Å². The van der Waals surface area contributed by atoms with Gasteiger partial charge in [-0.15, -0.1) is 0 Å². The summed E-state index contributed by atoms with van der Waals surface area (Å²) in [5.74, 6) is 0.711. The third kappa shape index (κ3) is 17.3. The minimum absolute atomic E-state index is 0.0949. The van der Waals surface area contributed by atoms with Crippen LogP contribution in [0.15, 0.2) is 37.0 Å². The number of hydrogen-bond acceptors (Lipinski definition) is 2. The van der Waals surface area contributed by atoms with E-state index >= 15 is 0 Å². The summed E-state index contributed by atoms with van der Waals surface area (Å²) in [6.07, 6.45) is 9.35. The first-order valence-electron chi connectivity index (χ1n) is 9.99. The summed E-state index contributed by atoms with van der Waals surface area (Å²) in [5, 5.41) is 8.31. The lowest BCUT2D eigenvalue weighted by Gasteiger charge is -2.28. The third-order valence-electron chi connectivity index (χ3n) is 3.71. The van der Waals surface area contributed by atoms with Gasteiger partial charge in [0.2, 0.25) is 0 Å². The largest absolute Gasteiger partial charge is 0.506 e. The van der Waals surface area contributed by atoms with Crippen molar-refractivity contribution >= 4 is 6.16 Å². The Bertz CT molecular complexity index is 386. The maximum Gasteiger partial charge on any atom is 0.506 e. The van der Waals surface area contributed by atoms with Gasteiger partial charge in [-0.05, 0) is 36.2 Å². The Hall–Kier alpha value is -1.51. The Kier molecular flexibility index (Phi) is 20.6. The molecule has 0 aliphatic carbocycles. The van der Waals surface area contributed by atoms with Gasteiger partial charge in [0.25, 0.3) is 0 Å². The second-order valence-electron chi connectivity index (χ2n) is 7.13. The molecule has 0 aromatic rings. The zero-order valence-electron chi connectivity index (χ0n) is 18.6. The number of ether oxygens (including phenoxy) is 1. The lowest BCUT2D eigenvalue weighted by Crippen LogP contribution is -2.16. The summed E-state index contributed by atoms with van der Waals surface area (Å²) < 4.78 is 4.65. The van der Waals surface area contributed by atoms with Crippen molar-refractivity contribution in [3.63, 3.8) is 0 Å². The number of allylic oxidation sites excluding steroid dienone is 4. The highest BCUT2D eigenvalue weighted by Crippen LogP contribution is 2.34. The van der Waals surface area contributed by atoms with Gasteiger partial charge < -0.3 is 9.84 Å². The molecule has 0 aliphatic heterocycles. The monoisotopic (exact) mass is 368 g/mol. The molecule has 1 N–H and O–H groups in total. The lowest BCUT2D eigenvalue weighted by molar-refractivity contribution is 0.0440. The maximum absolute atomic E-state index is 10.1. The second kappa shape index (κ2) is 18.3. The molecule has 0 spiro atoms. The standard InChI is InChI=1S/C13H22.C8H16O3.C2H6/c1-7-9-12(8-2)13(5,6)10-11(3)4;1-3-5-7(6-4-2)11-8(9)10;1-2/h7-9,11H,1-2,10H2,3-6H3;7H,3-6H2,1-2H3,(H,9,10);1-2H3/b12-9+;;. The van der Waals surface area contributed by atoms with Gasteiger partial charge in [-0.1, -0.05) is 99.6 Å². The van der Waals surface area contributed by atoms with Gasteiger partial charge >= 0.3 is 6.16 Å². The first-order chi connectivity index (χ1) is 12.1. The van der Waals surface area contributed by atoms with Gasteiger partial charge in [-0.2, -0.15) is 0 Å². The van der Waals surface area contributed by atoms with E-state index in [1.807, 2.05) is 39.8 Å². The van der Waals surface area contributed by atoms with E-state index in [1.165, 1.54) is 12.0 Å². The van der Waals surface area contributed by atoms with Crippen molar-refractivity contribution in [1.82, 2.24) is 0 Å². The minimum atomic E-state index is -1.16. The molecule has 0 unspecified atom stereocenters. The number of rotatable bonds is 10. The summed E-state index contributed by atoms with van der Waals surface area (Å²) in [6, 6.07) is 0. The maximum atomic E-state index is 10.1. The molecule has 0 radical (unpaired) electrons. The average Bonchev–Trinajstić information content (AvgIpc) is 2.53. The van der Waals surface area contributed by atoms with Crippen molar-refractivity contribution in [2.45, 2.75) is 93.6 Å². The predicted molar refractivity (Wildman–Crippen MR) is 116 cm³/mol. The van der Waals surface area contributed by atoms with Crippen molar-refractivity contribution in [2.24, 2.45) is 11.3 Å². The van der Waals surface area contributed by atoms with Crippen LogP contribution in [0.2, 0.25) is 0 Å². The molecule has 0 aliphatic rings. The zero-order valence-corrected chi connectivity index (χ0v) is 18.6. The van der Waals surface area contributed by atoms with Gasteiger partial charge in [-0.25, -0.2) is 4.79 Å². The van der Waals surface area contributed by atoms with E-state index in [0.717, 1.165) is 25.7 Å². The summed E-state index contributed by atoms with van der Waals surface area (Å²) in [6.45, 7) is 24.6. The summed E-state index contributed by atoms with van der Waals surface area (Å²) >= 11 is 0. The molecule has 0 saturated carbocycles. The van der Waals surface area contributed by atoms with E-state index < -0.39 is 6.16 Å². The fourth-order valence-corrected chi connectivity index (χ4v) is 2.88. The number of hydrogen-bond donors (Lipinski definition) is 1. The Morgan fingerprint density at radius 2 is 1.58 bits per heavy atom. The van der Waals surface area contributed by atoms with E-state index in [-0.39, 0.29) is 11.5 Å². The Morgan fingerprint density at radius 3 is 1.85 bits per heavy atom. The molecule has 0 heterocycles. The summed E-state index contributed by atoms with van der Waals surface area (Å²) in [5.41, 5.74) is 1.49. The van der Waals surface area contributed by atoms with Crippen molar-refractivity contribution in [3.8, 4) is 0 Å². The van der Waals surface area contributed by atoms with Crippen molar-refractivity contribution in [1.29, 1.82) is 0 Å². The summed E-state index contributed by atoms with van der Waals surface area (Å²) in [4.78, 5) is 10.1. The SMILES string of the molecule is C=C/C=C(\C=C)C(C)(C)CC(C)C.CC.CCCC(CCC)OC(=O)O. The van der Waals surface area contributed by atoms with E-state index in [9.17, 15) is 4.79 Å². The van der Waals surface area contributed by atoms with Crippen LogP contribution >= 0.6 is 0 Å². The quantitative estimate of drug-likeness (QED) is 0.313. The molecule has 0 aromatic carbocycles. The minimum Gasteiger partial charge on any atom is -0.450 e. The molecule has 26 heavy (non-hydrogen) atoms. The van der Waals surface area contributed by atoms with Crippen molar-refractivity contribution in [2.75, 3.05) is 0 Å². The highest BCUT2D eigenvalue weighted by molar-refractivity contribution is 5.57. The average molecular weight is 369 g/mol. The van der Waals surface area contributed by atoms with Crippen LogP contribution in [0.4, 0.5) is 4.79 Å². The number of carboxylic acid groups (broad SMARTS) is 1. The highest BCUT2D eigenvalue weighted by Gasteiger charge is 2.21. The van der Waals surface area contributed by atoms with Crippen molar-refractivity contribution in [3.05, 3.63) is 37.0 Å². The third-order valence-corrected chi connectivity index (χ3v) is 3.71. The molecule has 0 fully saturated rings. The van der Waals surface area contributed by atoms with Crippen LogP contribution in [-0.2, 0) is 4.74 Å². The lowest BCUT2D eigenvalue weighted by atomic mass is 9.77. The van der Waals surface area contributed by atoms with Crippen molar-refractivity contribution < 1.29 is 14.6 Å². The van der Waals surface area contributed by atoms with Gasteiger partial charge in [0.1, 0.15) is 6.10 Å². The van der Waals surface area contributed by atoms with Gasteiger partial charge in [0.05, 0.1) is 0 Å². The van der Waals surface area contributed by atoms with E-state index in [1.54, 1.807) is 0 Å². The second-order valence-corrected chi connectivity index (χ2v) is 7.13. The molecule has 3 nitrogen and oxygen atoms in total. The Morgan fingerprint density at radius 1 is 1.12 bits per heavy atom. The van der Waals surface area contributed by atoms with Gasteiger partial charge in [0.15, 0.2) is 0 Å². The Labute approximate surface area is 163 Å². The van der Waals surface area contributed by atoms with Crippen LogP contribution in [-0.4, -0.2) is 17.4 Å². The molecule has 0 rings (SSSR count).